The third-order valence-corrected chi connectivity index (χ3v) is 6.32. The topological polar surface area (TPSA) is 151 Å². The van der Waals surface area contributed by atoms with Crippen molar-refractivity contribution in [3.63, 3.8) is 0 Å². The van der Waals surface area contributed by atoms with Crippen molar-refractivity contribution in [2.24, 2.45) is 5.92 Å². The number of hydrogen-bond donors (Lipinski definition) is 6. The molecule has 4 aliphatic rings. The Bertz CT molecular complexity index is 917. The van der Waals surface area contributed by atoms with Crippen LogP contribution in [0.2, 0.25) is 0 Å². The monoisotopic (exact) mass is 418 g/mol. The van der Waals surface area contributed by atoms with Crippen molar-refractivity contribution >= 4 is 17.0 Å². The van der Waals surface area contributed by atoms with Crippen LogP contribution in [-0.2, 0) is 9.47 Å². The molecule has 0 radical (unpaired) electrons. The highest BCUT2D eigenvalue weighted by Crippen LogP contribution is 2.38. The first-order valence-corrected chi connectivity index (χ1v) is 10.5. The van der Waals surface area contributed by atoms with Gasteiger partial charge in [-0.2, -0.15) is 0 Å². The number of imidazole rings is 1. The second kappa shape index (κ2) is 7.34. The number of nitrogens with zero attached hydrogens (tertiary/aromatic N) is 4. The van der Waals surface area contributed by atoms with E-state index in [2.05, 4.69) is 36.4 Å². The first-order chi connectivity index (χ1) is 14.7. The van der Waals surface area contributed by atoms with Gasteiger partial charge >= 0.3 is 0 Å². The smallest absolute Gasteiger partial charge is 0.167 e. The van der Waals surface area contributed by atoms with Crippen LogP contribution in [0.5, 0.6) is 0 Å². The lowest BCUT2D eigenvalue weighted by Crippen LogP contribution is -2.46. The lowest BCUT2D eigenvalue weighted by Gasteiger charge is -2.20. The number of hydrazine groups is 1. The Morgan fingerprint density at radius 2 is 1.90 bits per heavy atom. The molecule has 0 amide bonds. The second-order valence-corrected chi connectivity index (χ2v) is 8.46. The van der Waals surface area contributed by atoms with Gasteiger partial charge in [0.25, 0.3) is 0 Å². The summed E-state index contributed by atoms with van der Waals surface area (Å²) < 4.78 is 13.6. The molecule has 12 heteroatoms. The van der Waals surface area contributed by atoms with Crippen molar-refractivity contribution < 1.29 is 19.7 Å². The van der Waals surface area contributed by atoms with Crippen LogP contribution in [0.1, 0.15) is 25.5 Å². The molecule has 162 valence electrons. The van der Waals surface area contributed by atoms with Crippen LogP contribution in [0.3, 0.4) is 0 Å². The highest BCUT2D eigenvalue weighted by Gasteiger charge is 2.51. The summed E-state index contributed by atoms with van der Waals surface area (Å²) >= 11 is 0. The summed E-state index contributed by atoms with van der Waals surface area (Å²) in [6.45, 7) is 1.84. The Kier molecular flexibility index (Phi) is 4.60. The number of aliphatic hydroxyl groups is 2. The molecule has 2 aromatic heterocycles. The maximum Gasteiger partial charge on any atom is 0.167 e. The van der Waals surface area contributed by atoms with Gasteiger partial charge in [-0.25, -0.2) is 25.8 Å². The average Bonchev–Trinajstić information content (AvgIpc) is 3.13. The molecule has 0 aromatic carbocycles. The summed E-state index contributed by atoms with van der Waals surface area (Å²) in [5, 5.41) is 28.1. The molecular weight excluding hydrogens is 392 g/mol. The minimum absolute atomic E-state index is 0.0949. The Morgan fingerprint density at radius 1 is 1.03 bits per heavy atom. The van der Waals surface area contributed by atoms with Gasteiger partial charge in [-0.15, -0.1) is 0 Å². The van der Waals surface area contributed by atoms with Crippen LogP contribution in [0, 0.1) is 5.92 Å². The fourth-order valence-electron chi connectivity index (χ4n) is 4.46. The van der Waals surface area contributed by atoms with Crippen LogP contribution in [0.25, 0.3) is 11.2 Å². The van der Waals surface area contributed by atoms with Gasteiger partial charge in [-0.3, -0.25) is 4.57 Å². The first-order valence-electron chi connectivity index (χ1n) is 10.5. The Hall–Kier alpha value is -1.93. The van der Waals surface area contributed by atoms with Crippen molar-refractivity contribution in [2.75, 3.05) is 18.4 Å². The number of anilines is 1. The number of hydrogen-bond acceptors (Lipinski definition) is 11. The molecule has 6 N–H and O–H groups in total. The number of nitrogens with one attached hydrogen (secondary N) is 4. The first kappa shape index (κ1) is 18.8. The molecule has 7 atom stereocenters. The van der Waals surface area contributed by atoms with Gasteiger partial charge in [0.05, 0.1) is 6.33 Å². The van der Waals surface area contributed by atoms with E-state index < -0.39 is 30.8 Å². The van der Waals surface area contributed by atoms with E-state index in [9.17, 15) is 10.2 Å². The zero-order valence-corrected chi connectivity index (χ0v) is 16.3. The van der Waals surface area contributed by atoms with Crippen LogP contribution in [-0.4, -0.2) is 79.6 Å². The number of fused-ring (bicyclic) bond motifs is 1. The Morgan fingerprint density at radius 3 is 2.70 bits per heavy atom. The van der Waals surface area contributed by atoms with Gasteiger partial charge in [0.2, 0.25) is 0 Å². The minimum atomic E-state index is -1.15. The van der Waals surface area contributed by atoms with Gasteiger partial charge < -0.3 is 30.3 Å². The van der Waals surface area contributed by atoms with Gasteiger partial charge in [0, 0.05) is 12.6 Å². The Balaban J connectivity index is 1.23. The van der Waals surface area contributed by atoms with E-state index in [0.29, 0.717) is 22.9 Å². The van der Waals surface area contributed by atoms with Crippen LogP contribution in [0.4, 0.5) is 5.82 Å². The van der Waals surface area contributed by atoms with E-state index in [1.807, 2.05) is 0 Å². The van der Waals surface area contributed by atoms with E-state index in [-0.39, 0.29) is 12.3 Å². The molecule has 2 aromatic rings. The SMILES string of the molecule is O[C@@H]1[C@H](O)[C@@H](C2NNC(C3CC3)O2)O[C@H]1n1cnc2c(NC3CCNC3)ncnc21. The summed E-state index contributed by atoms with van der Waals surface area (Å²) in [6, 6.07) is 0.283. The molecule has 12 nitrogen and oxygen atoms in total. The summed E-state index contributed by atoms with van der Waals surface area (Å²) in [5.41, 5.74) is 7.28. The maximum atomic E-state index is 10.7. The minimum Gasteiger partial charge on any atom is -0.387 e. The fourth-order valence-corrected chi connectivity index (χ4v) is 4.46. The number of aromatic nitrogens is 4. The fraction of sp³-hybridized carbons (Fsp3) is 0.722. The lowest BCUT2D eigenvalue weighted by molar-refractivity contribution is -0.111. The zero-order valence-electron chi connectivity index (χ0n) is 16.3. The molecule has 1 saturated carbocycles. The largest absolute Gasteiger partial charge is 0.387 e. The predicted octanol–water partition coefficient (Wildman–Crippen LogP) is -1.59. The quantitative estimate of drug-likeness (QED) is 0.333. The maximum absolute atomic E-state index is 10.7. The standard InChI is InChI=1S/C18H26N8O4/c27-11-12(28)18(29-13(11)17-25-24-16(30-17)8-1-2-8)26-7-22-10-14(20-6-21-15(10)26)23-9-3-4-19-5-9/h6-9,11-13,16-19,24-25,27-28H,1-5H2,(H,20,21,23)/t9?,11-,12+,13-,16?,17?,18+/m0/s1. The molecule has 1 aliphatic carbocycles. The van der Waals surface area contributed by atoms with E-state index >= 15 is 0 Å². The van der Waals surface area contributed by atoms with E-state index in [0.717, 1.165) is 32.4 Å². The Labute approximate surface area is 172 Å². The average molecular weight is 418 g/mol. The van der Waals surface area contributed by atoms with E-state index in [1.165, 1.54) is 6.33 Å². The molecular formula is C18H26N8O4. The third-order valence-electron chi connectivity index (χ3n) is 6.32. The van der Waals surface area contributed by atoms with Gasteiger partial charge in [-0.1, -0.05) is 0 Å². The molecule has 0 bridgehead atoms. The molecule has 3 unspecified atom stereocenters. The number of aliphatic hydroxyl groups excluding tert-OH is 2. The number of rotatable bonds is 5. The molecule has 5 heterocycles. The summed E-state index contributed by atoms with van der Waals surface area (Å²) in [5.74, 6) is 1.13. The second-order valence-electron chi connectivity index (χ2n) is 8.46. The van der Waals surface area contributed by atoms with Crippen molar-refractivity contribution in [3.05, 3.63) is 12.7 Å². The van der Waals surface area contributed by atoms with Gasteiger partial charge in [0.15, 0.2) is 29.4 Å². The lowest BCUT2D eigenvalue weighted by atomic mass is 10.1. The van der Waals surface area contributed by atoms with E-state index in [4.69, 9.17) is 9.47 Å². The normalized spacial score (nSPS) is 39.2. The van der Waals surface area contributed by atoms with Crippen LogP contribution < -0.4 is 21.5 Å². The zero-order chi connectivity index (χ0) is 20.2. The molecule has 3 saturated heterocycles. The van der Waals surface area contributed by atoms with Crippen molar-refractivity contribution in [3.8, 4) is 0 Å². The van der Waals surface area contributed by atoms with E-state index in [1.54, 1.807) is 10.9 Å². The third kappa shape index (κ3) is 3.15. The van der Waals surface area contributed by atoms with Crippen molar-refractivity contribution in [1.82, 2.24) is 35.7 Å². The summed E-state index contributed by atoms with van der Waals surface area (Å²) in [4.78, 5) is 13.1. The molecule has 6 rings (SSSR count). The van der Waals surface area contributed by atoms with Gasteiger partial charge in [0.1, 0.15) is 30.9 Å². The van der Waals surface area contributed by atoms with Crippen molar-refractivity contribution in [2.45, 2.75) is 62.3 Å². The highest BCUT2D eigenvalue weighted by atomic mass is 16.6. The van der Waals surface area contributed by atoms with Crippen LogP contribution >= 0.6 is 0 Å². The van der Waals surface area contributed by atoms with Crippen molar-refractivity contribution in [1.29, 1.82) is 0 Å². The molecule has 30 heavy (non-hydrogen) atoms. The molecule has 0 spiro atoms. The van der Waals surface area contributed by atoms with Crippen LogP contribution in [0.15, 0.2) is 12.7 Å². The predicted molar refractivity (Wildman–Crippen MR) is 104 cm³/mol. The molecule has 4 fully saturated rings. The highest BCUT2D eigenvalue weighted by molar-refractivity contribution is 5.82. The summed E-state index contributed by atoms with van der Waals surface area (Å²) in [7, 11) is 0. The summed E-state index contributed by atoms with van der Waals surface area (Å²) in [6.07, 6.45) is 1.80. The van der Waals surface area contributed by atoms with Gasteiger partial charge in [-0.05, 0) is 31.7 Å². The number of ether oxygens (including phenoxy) is 2. The molecule has 3 aliphatic heterocycles.